The Morgan fingerprint density at radius 3 is 2.71 bits per heavy atom. The van der Waals surface area contributed by atoms with E-state index in [4.69, 9.17) is 9.47 Å². The van der Waals surface area contributed by atoms with E-state index in [0.717, 1.165) is 25.7 Å². The molecule has 0 spiro atoms. The molecular formula is C15H22N2O4. The van der Waals surface area contributed by atoms with Gasteiger partial charge in [0.25, 0.3) is 0 Å². The molecule has 1 aliphatic rings. The number of carbonyl (C=O) groups excluding carboxylic acids is 2. The van der Waals surface area contributed by atoms with Gasteiger partial charge >= 0.3 is 11.9 Å². The first-order chi connectivity index (χ1) is 10.2. The molecule has 1 fully saturated rings. The van der Waals surface area contributed by atoms with Crippen LogP contribution in [-0.2, 0) is 19.1 Å². The number of rotatable bonds is 6. The topological polar surface area (TPSA) is 70.4 Å². The van der Waals surface area contributed by atoms with Gasteiger partial charge in [0, 0.05) is 12.4 Å². The zero-order valence-corrected chi connectivity index (χ0v) is 12.4. The van der Waals surface area contributed by atoms with Gasteiger partial charge in [-0.1, -0.05) is 6.42 Å². The lowest BCUT2D eigenvalue weighted by Crippen LogP contribution is -2.29. The molecule has 1 atom stereocenters. The third kappa shape index (κ3) is 4.58. The summed E-state index contributed by atoms with van der Waals surface area (Å²) in [5.74, 6) is -0.787. The van der Waals surface area contributed by atoms with E-state index in [-0.39, 0.29) is 18.5 Å². The van der Waals surface area contributed by atoms with Gasteiger partial charge in [-0.2, -0.15) is 0 Å². The molecule has 2 rings (SSSR count). The lowest BCUT2D eigenvalue weighted by molar-refractivity contribution is -0.159. The van der Waals surface area contributed by atoms with Gasteiger partial charge in [-0.25, -0.2) is 9.78 Å². The molecule has 1 aliphatic carbocycles. The van der Waals surface area contributed by atoms with Gasteiger partial charge in [-0.05, 0) is 32.6 Å². The quantitative estimate of drug-likeness (QED) is 0.753. The van der Waals surface area contributed by atoms with Gasteiger partial charge < -0.3 is 14.0 Å². The smallest absolute Gasteiger partial charge is 0.330 e. The van der Waals surface area contributed by atoms with E-state index >= 15 is 0 Å². The minimum absolute atomic E-state index is 0.0283. The molecule has 6 nitrogen and oxygen atoms in total. The summed E-state index contributed by atoms with van der Waals surface area (Å²) in [4.78, 5) is 28.0. The second-order valence-electron chi connectivity index (χ2n) is 5.23. The Labute approximate surface area is 124 Å². The Balaban J connectivity index is 2.00. The van der Waals surface area contributed by atoms with Crippen molar-refractivity contribution in [2.75, 3.05) is 6.61 Å². The molecular weight excluding hydrogens is 272 g/mol. The summed E-state index contributed by atoms with van der Waals surface area (Å²) >= 11 is 0. The molecule has 1 aromatic heterocycles. The van der Waals surface area contributed by atoms with Gasteiger partial charge in [-0.15, -0.1) is 0 Å². The molecule has 1 aromatic rings. The summed E-state index contributed by atoms with van der Waals surface area (Å²) < 4.78 is 12.1. The van der Waals surface area contributed by atoms with Crippen LogP contribution >= 0.6 is 0 Å². The van der Waals surface area contributed by atoms with Gasteiger partial charge in [0.15, 0.2) is 0 Å². The lowest BCUT2D eigenvalue weighted by atomic mass is 9.98. The first kappa shape index (κ1) is 15.5. The van der Waals surface area contributed by atoms with Crippen molar-refractivity contribution in [3.05, 3.63) is 18.7 Å². The first-order valence-electron chi connectivity index (χ1n) is 7.54. The maximum Gasteiger partial charge on any atom is 0.330 e. The summed E-state index contributed by atoms with van der Waals surface area (Å²) in [5.41, 5.74) is 0. The van der Waals surface area contributed by atoms with Crippen molar-refractivity contribution in [3.8, 4) is 0 Å². The molecule has 0 aliphatic heterocycles. The monoisotopic (exact) mass is 294 g/mol. The van der Waals surface area contributed by atoms with Crippen LogP contribution in [0.3, 0.4) is 0 Å². The maximum atomic E-state index is 12.4. The van der Waals surface area contributed by atoms with Crippen LogP contribution in [0.2, 0.25) is 0 Å². The fraction of sp³-hybridized carbons (Fsp3) is 0.667. The number of imidazole rings is 1. The summed E-state index contributed by atoms with van der Waals surface area (Å²) in [5, 5.41) is 0. The Morgan fingerprint density at radius 1 is 1.33 bits per heavy atom. The van der Waals surface area contributed by atoms with Crippen molar-refractivity contribution in [1.29, 1.82) is 0 Å². The average molecular weight is 294 g/mol. The van der Waals surface area contributed by atoms with Crippen LogP contribution in [0.25, 0.3) is 0 Å². The molecule has 1 unspecified atom stereocenters. The number of carbonyl (C=O) groups is 2. The van der Waals surface area contributed by atoms with Crippen LogP contribution in [0.15, 0.2) is 18.7 Å². The predicted octanol–water partition coefficient (Wildman–Crippen LogP) is 2.25. The predicted molar refractivity (Wildman–Crippen MR) is 75.5 cm³/mol. The Kier molecular flexibility index (Phi) is 5.78. The van der Waals surface area contributed by atoms with Gasteiger partial charge in [0.2, 0.25) is 0 Å². The Hall–Kier alpha value is -1.85. The highest BCUT2D eigenvalue weighted by Gasteiger charge is 2.28. The highest BCUT2D eigenvalue weighted by Crippen LogP contribution is 2.23. The maximum absolute atomic E-state index is 12.4. The summed E-state index contributed by atoms with van der Waals surface area (Å²) in [6.45, 7) is 2.04. The van der Waals surface area contributed by atoms with Crippen LogP contribution in [-0.4, -0.2) is 34.2 Å². The van der Waals surface area contributed by atoms with Crippen LogP contribution in [0.5, 0.6) is 0 Å². The fourth-order valence-corrected chi connectivity index (χ4v) is 2.57. The zero-order chi connectivity index (χ0) is 15.1. The lowest BCUT2D eigenvalue weighted by Gasteiger charge is -2.24. The SMILES string of the molecule is CCOC(=O)CC(C(=O)OC1CCCCC1)n1ccnc1. The number of hydrogen-bond acceptors (Lipinski definition) is 5. The van der Waals surface area contributed by atoms with E-state index in [1.807, 2.05) is 0 Å². The summed E-state index contributed by atoms with van der Waals surface area (Å²) in [6, 6.07) is -0.700. The average Bonchev–Trinajstić information content (AvgIpc) is 3.00. The number of hydrogen-bond donors (Lipinski definition) is 0. The molecule has 0 aromatic carbocycles. The molecule has 6 heteroatoms. The summed E-state index contributed by atoms with van der Waals surface area (Å²) in [6.07, 6.45) is 9.88. The molecule has 21 heavy (non-hydrogen) atoms. The fourth-order valence-electron chi connectivity index (χ4n) is 2.57. The van der Waals surface area contributed by atoms with E-state index in [2.05, 4.69) is 4.98 Å². The number of esters is 2. The first-order valence-corrected chi connectivity index (χ1v) is 7.54. The van der Waals surface area contributed by atoms with Crippen LogP contribution in [0.4, 0.5) is 0 Å². The summed E-state index contributed by atoms with van der Waals surface area (Å²) in [7, 11) is 0. The van der Waals surface area contributed by atoms with E-state index in [0.29, 0.717) is 6.61 Å². The third-order valence-electron chi connectivity index (χ3n) is 3.66. The molecule has 0 N–H and O–H groups in total. The van der Waals surface area contributed by atoms with Crippen molar-refractivity contribution in [2.45, 2.75) is 57.6 Å². The second-order valence-corrected chi connectivity index (χ2v) is 5.23. The molecule has 116 valence electrons. The molecule has 0 bridgehead atoms. The standard InChI is InChI=1S/C15H22N2O4/c1-2-20-14(18)10-13(17-9-8-16-11-17)15(19)21-12-6-4-3-5-7-12/h8-9,11-13H,2-7,10H2,1H3. The highest BCUT2D eigenvalue weighted by molar-refractivity contribution is 5.81. The second kappa shape index (κ2) is 7.81. The van der Waals surface area contributed by atoms with Crippen molar-refractivity contribution in [3.63, 3.8) is 0 Å². The molecule has 0 amide bonds. The number of nitrogens with zero attached hydrogens (tertiary/aromatic N) is 2. The van der Waals surface area contributed by atoms with Crippen LogP contribution in [0.1, 0.15) is 51.5 Å². The van der Waals surface area contributed by atoms with E-state index in [1.165, 1.54) is 12.7 Å². The highest BCUT2D eigenvalue weighted by atomic mass is 16.5. The normalized spacial score (nSPS) is 17.2. The molecule has 1 saturated carbocycles. The van der Waals surface area contributed by atoms with Crippen molar-refractivity contribution < 1.29 is 19.1 Å². The zero-order valence-electron chi connectivity index (χ0n) is 12.4. The number of ether oxygens (including phenoxy) is 2. The molecule has 0 saturated heterocycles. The van der Waals surface area contributed by atoms with Gasteiger partial charge in [-0.3, -0.25) is 4.79 Å². The Bertz CT molecular complexity index is 452. The van der Waals surface area contributed by atoms with Crippen LogP contribution < -0.4 is 0 Å². The molecule has 0 radical (unpaired) electrons. The van der Waals surface area contributed by atoms with Crippen molar-refractivity contribution in [2.24, 2.45) is 0 Å². The largest absolute Gasteiger partial charge is 0.466 e. The van der Waals surface area contributed by atoms with Crippen molar-refractivity contribution in [1.82, 2.24) is 9.55 Å². The Morgan fingerprint density at radius 2 is 2.10 bits per heavy atom. The number of aromatic nitrogens is 2. The van der Waals surface area contributed by atoms with E-state index in [9.17, 15) is 9.59 Å². The third-order valence-corrected chi connectivity index (χ3v) is 3.66. The molecule has 1 heterocycles. The van der Waals surface area contributed by atoms with Crippen molar-refractivity contribution >= 4 is 11.9 Å². The minimum atomic E-state index is -0.700. The van der Waals surface area contributed by atoms with Gasteiger partial charge in [0.05, 0.1) is 19.4 Å². The van der Waals surface area contributed by atoms with Crippen LogP contribution in [0, 0.1) is 0 Å². The van der Waals surface area contributed by atoms with E-state index in [1.54, 1.807) is 23.9 Å². The van der Waals surface area contributed by atoms with Gasteiger partial charge in [0.1, 0.15) is 12.1 Å². The minimum Gasteiger partial charge on any atom is -0.466 e. The van der Waals surface area contributed by atoms with E-state index < -0.39 is 12.0 Å².